The fourth-order valence-corrected chi connectivity index (χ4v) is 6.12. The number of carbonyl (C=O) groups excluding carboxylic acids is 3. The number of imide groups is 1. The van der Waals surface area contributed by atoms with Crippen molar-refractivity contribution in [3.05, 3.63) is 72.8 Å². The number of amides is 4. The number of likely N-dealkylation sites (tertiary alicyclic amines) is 1. The lowest BCUT2D eigenvalue weighted by Crippen LogP contribution is -2.55. The fourth-order valence-electron chi connectivity index (χ4n) is 5.31. The number of hydrogen-bond acceptors (Lipinski definition) is 4. The highest BCUT2D eigenvalue weighted by Gasteiger charge is 2.62. The molecule has 3 fully saturated rings. The van der Waals surface area contributed by atoms with Gasteiger partial charge in [-0.3, -0.25) is 9.59 Å². The zero-order chi connectivity index (χ0) is 21.8. The molecule has 3 aromatic rings. The fraction of sp³-hybridized carbons (Fsp3) is 0.240. The third-order valence-corrected chi connectivity index (χ3v) is 7.69. The van der Waals surface area contributed by atoms with Gasteiger partial charge >= 0.3 is 6.03 Å². The van der Waals surface area contributed by atoms with E-state index >= 15 is 0 Å². The number of anilines is 1. The van der Waals surface area contributed by atoms with Crippen molar-refractivity contribution < 1.29 is 14.4 Å². The van der Waals surface area contributed by atoms with Crippen LogP contribution in [0.2, 0.25) is 0 Å². The average molecular weight is 444 g/mol. The summed E-state index contributed by atoms with van der Waals surface area (Å²) < 4.78 is 0. The van der Waals surface area contributed by atoms with Gasteiger partial charge in [-0.15, -0.1) is 11.8 Å². The number of thioether (sulfide) groups is 1. The van der Waals surface area contributed by atoms with Crippen LogP contribution < -0.4 is 4.90 Å². The Morgan fingerprint density at radius 1 is 0.938 bits per heavy atom. The molecule has 3 aliphatic rings. The van der Waals surface area contributed by atoms with Crippen molar-refractivity contribution >= 4 is 46.1 Å². The molecule has 3 aliphatic heterocycles. The largest absolute Gasteiger partial charge is 0.334 e. The minimum absolute atomic E-state index is 0.0230. The molecule has 4 amide bonds. The summed E-state index contributed by atoms with van der Waals surface area (Å²) in [6.07, 6.45) is 0.674. The second-order valence-corrected chi connectivity index (χ2v) is 9.46. The Balaban J connectivity index is 1.25. The number of hydrogen-bond donors (Lipinski definition) is 0. The van der Waals surface area contributed by atoms with E-state index in [1.165, 1.54) is 16.7 Å². The van der Waals surface area contributed by atoms with Crippen LogP contribution in [-0.4, -0.2) is 58.1 Å². The molecule has 32 heavy (non-hydrogen) atoms. The Kier molecular flexibility index (Phi) is 4.47. The zero-order valence-electron chi connectivity index (χ0n) is 17.3. The molecule has 1 unspecified atom stereocenters. The molecule has 7 heteroatoms. The number of benzene rings is 3. The van der Waals surface area contributed by atoms with Gasteiger partial charge in [0.15, 0.2) is 0 Å². The van der Waals surface area contributed by atoms with Crippen LogP contribution in [0, 0.1) is 0 Å². The van der Waals surface area contributed by atoms with Crippen molar-refractivity contribution in [3.8, 4) is 0 Å². The Morgan fingerprint density at radius 3 is 2.53 bits per heavy atom. The summed E-state index contributed by atoms with van der Waals surface area (Å²) in [4.78, 5) is 45.7. The molecule has 3 aromatic carbocycles. The monoisotopic (exact) mass is 443 g/mol. The number of carbonyl (C=O) groups is 3. The first-order valence-corrected chi connectivity index (χ1v) is 11.7. The zero-order valence-corrected chi connectivity index (χ0v) is 18.1. The van der Waals surface area contributed by atoms with Gasteiger partial charge in [-0.05, 0) is 30.0 Å². The standard InChI is InChI=1S/C25H21N3O3S/c29-22(15-32-18-9-2-1-3-10-18)26-14-17-13-21(26)23-24(30)28(25(31)27(17)23)20-12-6-8-16-7-4-5-11-19(16)20/h1-12,17,21,23H,13-15H2/t17-,21?,23-/m1/s1. The van der Waals surface area contributed by atoms with E-state index in [2.05, 4.69) is 0 Å². The van der Waals surface area contributed by atoms with E-state index in [4.69, 9.17) is 0 Å². The van der Waals surface area contributed by atoms with Crippen LogP contribution >= 0.6 is 11.8 Å². The summed E-state index contributed by atoms with van der Waals surface area (Å²) in [6, 6.07) is 22.0. The van der Waals surface area contributed by atoms with Crippen LogP contribution in [0.1, 0.15) is 6.42 Å². The summed E-state index contributed by atoms with van der Waals surface area (Å²) in [7, 11) is 0. The number of rotatable bonds is 4. The van der Waals surface area contributed by atoms with Gasteiger partial charge in [0.25, 0.3) is 5.91 Å². The van der Waals surface area contributed by atoms with Crippen LogP contribution in [0.25, 0.3) is 10.8 Å². The van der Waals surface area contributed by atoms with Crippen molar-refractivity contribution in [1.82, 2.24) is 9.80 Å². The third-order valence-electron chi connectivity index (χ3n) is 6.70. The number of fused-ring (bicyclic) bond motifs is 6. The van der Waals surface area contributed by atoms with E-state index in [1.54, 1.807) is 4.90 Å². The van der Waals surface area contributed by atoms with Gasteiger partial charge in [0.2, 0.25) is 5.91 Å². The predicted molar refractivity (Wildman–Crippen MR) is 124 cm³/mol. The smallest absolute Gasteiger partial charge is 0.332 e. The second-order valence-electron chi connectivity index (χ2n) is 8.41. The van der Waals surface area contributed by atoms with Crippen LogP contribution in [0.4, 0.5) is 10.5 Å². The third kappa shape index (κ3) is 2.84. The topological polar surface area (TPSA) is 60.9 Å². The van der Waals surface area contributed by atoms with Gasteiger partial charge in [-0.25, -0.2) is 9.69 Å². The Hall–Kier alpha value is -3.32. The highest BCUT2D eigenvalue weighted by Crippen LogP contribution is 2.43. The van der Waals surface area contributed by atoms with Crippen molar-refractivity contribution in [2.24, 2.45) is 0 Å². The number of piperazine rings is 1. The molecule has 3 atom stereocenters. The Labute approximate surface area is 189 Å². The van der Waals surface area contributed by atoms with E-state index in [9.17, 15) is 14.4 Å². The first-order chi connectivity index (χ1) is 15.6. The van der Waals surface area contributed by atoms with Crippen LogP contribution in [0.15, 0.2) is 77.7 Å². The molecule has 160 valence electrons. The maximum absolute atomic E-state index is 13.5. The average Bonchev–Trinajstić information content (AvgIpc) is 3.49. The molecule has 3 heterocycles. The Morgan fingerprint density at radius 2 is 1.69 bits per heavy atom. The molecule has 0 aromatic heterocycles. The molecule has 0 aliphatic carbocycles. The molecule has 3 saturated heterocycles. The van der Waals surface area contributed by atoms with E-state index in [0.29, 0.717) is 24.4 Å². The quantitative estimate of drug-likeness (QED) is 0.455. The SMILES string of the molecule is O=C1[C@H]2C3C[C@H](CN3C(=O)CSc3ccccc3)N2C(=O)N1c1cccc2ccccc12. The predicted octanol–water partition coefficient (Wildman–Crippen LogP) is 3.75. The summed E-state index contributed by atoms with van der Waals surface area (Å²) >= 11 is 1.50. The maximum atomic E-state index is 13.5. The highest BCUT2D eigenvalue weighted by atomic mass is 32.2. The molecule has 0 N–H and O–H groups in total. The van der Waals surface area contributed by atoms with Crippen LogP contribution in [-0.2, 0) is 9.59 Å². The van der Waals surface area contributed by atoms with E-state index in [-0.39, 0.29) is 29.9 Å². The Bertz CT molecular complexity index is 1240. The molecule has 0 spiro atoms. The maximum Gasteiger partial charge on any atom is 0.332 e. The lowest BCUT2D eigenvalue weighted by atomic mass is 10.1. The molecular formula is C25H21N3O3S. The summed E-state index contributed by atoms with van der Waals surface area (Å²) in [6.45, 7) is 0.498. The molecule has 0 saturated carbocycles. The first-order valence-electron chi connectivity index (χ1n) is 10.7. The van der Waals surface area contributed by atoms with Crippen molar-refractivity contribution in [2.75, 3.05) is 17.2 Å². The van der Waals surface area contributed by atoms with Crippen molar-refractivity contribution in [1.29, 1.82) is 0 Å². The van der Waals surface area contributed by atoms with E-state index < -0.39 is 6.04 Å². The second kappa shape index (κ2) is 7.38. The molecule has 6 nitrogen and oxygen atoms in total. The van der Waals surface area contributed by atoms with Gasteiger partial charge in [-0.1, -0.05) is 54.6 Å². The van der Waals surface area contributed by atoms with Gasteiger partial charge in [0, 0.05) is 16.8 Å². The molecular weight excluding hydrogens is 422 g/mol. The minimum atomic E-state index is -0.592. The summed E-state index contributed by atoms with van der Waals surface area (Å²) in [5, 5.41) is 1.85. The van der Waals surface area contributed by atoms with Crippen molar-refractivity contribution in [2.45, 2.75) is 29.4 Å². The normalized spacial score (nSPS) is 24.0. The number of urea groups is 1. The lowest BCUT2D eigenvalue weighted by molar-refractivity contribution is -0.133. The highest BCUT2D eigenvalue weighted by molar-refractivity contribution is 8.00. The summed E-state index contributed by atoms with van der Waals surface area (Å²) in [5.41, 5.74) is 0.615. The van der Waals surface area contributed by atoms with Crippen molar-refractivity contribution in [3.63, 3.8) is 0 Å². The van der Waals surface area contributed by atoms with Gasteiger partial charge in [-0.2, -0.15) is 0 Å². The molecule has 0 radical (unpaired) electrons. The van der Waals surface area contributed by atoms with Crippen LogP contribution in [0.3, 0.4) is 0 Å². The van der Waals surface area contributed by atoms with Crippen LogP contribution in [0.5, 0.6) is 0 Å². The summed E-state index contributed by atoms with van der Waals surface area (Å²) in [5.74, 6) is 0.122. The number of nitrogens with zero attached hydrogens (tertiary/aromatic N) is 3. The van der Waals surface area contributed by atoms with Gasteiger partial charge in [0.1, 0.15) is 6.04 Å². The minimum Gasteiger partial charge on any atom is -0.334 e. The van der Waals surface area contributed by atoms with E-state index in [0.717, 1.165) is 15.7 Å². The first kappa shape index (κ1) is 19.4. The van der Waals surface area contributed by atoms with Gasteiger partial charge < -0.3 is 9.80 Å². The van der Waals surface area contributed by atoms with Gasteiger partial charge in [0.05, 0.1) is 23.5 Å². The van der Waals surface area contributed by atoms with E-state index in [1.807, 2.05) is 77.7 Å². The molecule has 6 rings (SSSR count). The lowest BCUT2D eigenvalue weighted by Gasteiger charge is -2.34. The molecule has 2 bridgehead atoms.